The monoisotopic (exact) mass is 331 g/mol. The molecular formula is C18H21NO5. The van der Waals surface area contributed by atoms with Gasteiger partial charge < -0.3 is 9.84 Å². The smallest absolute Gasteiger partial charge is 0.411 e. The Morgan fingerprint density at radius 3 is 2.33 bits per heavy atom. The van der Waals surface area contributed by atoms with Crippen LogP contribution in [0.1, 0.15) is 43.6 Å². The first kappa shape index (κ1) is 19.2. The second kappa shape index (κ2) is 8.16. The van der Waals surface area contributed by atoms with Crippen LogP contribution < -0.4 is 0 Å². The van der Waals surface area contributed by atoms with E-state index in [0.29, 0.717) is 11.1 Å². The molecule has 1 N–H and O–H groups in total. The van der Waals surface area contributed by atoms with Crippen molar-refractivity contribution in [3.05, 3.63) is 35.4 Å². The number of ether oxygens (including phenoxy) is 1. The van der Waals surface area contributed by atoms with E-state index in [1.54, 1.807) is 45.0 Å². The lowest BCUT2D eigenvalue weighted by Gasteiger charge is -2.28. The largest absolute Gasteiger partial charge is 0.480 e. The summed E-state index contributed by atoms with van der Waals surface area (Å²) in [4.78, 5) is 35.0. The summed E-state index contributed by atoms with van der Waals surface area (Å²) in [6, 6.07) is 5.54. The Bertz CT molecular complexity index is 661. The van der Waals surface area contributed by atoms with Gasteiger partial charge in [0.05, 0.1) is 6.54 Å². The highest BCUT2D eigenvalue weighted by atomic mass is 16.6. The number of hydrogen-bond donors (Lipinski definition) is 1. The number of carboxylic acids is 1. The maximum atomic E-state index is 12.2. The van der Waals surface area contributed by atoms with Crippen molar-refractivity contribution in [2.75, 3.05) is 6.54 Å². The van der Waals surface area contributed by atoms with E-state index < -0.39 is 23.7 Å². The van der Waals surface area contributed by atoms with Crippen molar-refractivity contribution in [2.45, 2.75) is 39.3 Å². The number of aliphatic carboxylic acids is 1. The molecule has 0 spiro atoms. The van der Waals surface area contributed by atoms with Crippen LogP contribution in [0.5, 0.6) is 0 Å². The quantitative estimate of drug-likeness (QED) is 0.677. The third kappa shape index (κ3) is 6.13. The van der Waals surface area contributed by atoms with Crippen molar-refractivity contribution in [3.63, 3.8) is 0 Å². The van der Waals surface area contributed by atoms with Gasteiger partial charge in [0.2, 0.25) is 0 Å². The molecule has 0 saturated heterocycles. The molecular weight excluding hydrogens is 310 g/mol. The summed E-state index contributed by atoms with van der Waals surface area (Å²) in [6.07, 6.45) is -0.00120. The van der Waals surface area contributed by atoms with Gasteiger partial charge in [-0.2, -0.15) is 0 Å². The van der Waals surface area contributed by atoms with E-state index in [4.69, 9.17) is 9.84 Å². The highest BCUT2D eigenvalue weighted by Gasteiger charge is 2.29. The van der Waals surface area contributed by atoms with Gasteiger partial charge in [-0.25, -0.2) is 9.59 Å². The summed E-state index contributed by atoms with van der Waals surface area (Å²) >= 11 is 0. The molecule has 1 rings (SSSR count). The highest BCUT2D eigenvalue weighted by Crippen LogP contribution is 2.12. The Hall–Kier alpha value is -2.81. The fraction of sp³-hybridized carbons (Fsp3) is 0.389. The topological polar surface area (TPSA) is 83.9 Å². The average molecular weight is 331 g/mol. The molecule has 1 aromatic rings. The molecule has 0 aliphatic heterocycles. The van der Waals surface area contributed by atoms with Crippen LogP contribution in [-0.4, -0.2) is 46.5 Å². The zero-order valence-electron chi connectivity index (χ0n) is 14.2. The molecule has 6 heteroatoms. The van der Waals surface area contributed by atoms with Crippen LogP contribution >= 0.6 is 0 Å². The van der Waals surface area contributed by atoms with Gasteiger partial charge in [-0.1, -0.05) is 24.0 Å². The number of hydrogen-bond acceptors (Lipinski definition) is 4. The molecule has 6 nitrogen and oxygen atoms in total. The molecule has 1 amide bonds. The van der Waals surface area contributed by atoms with E-state index in [0.717, 1.165) is 11.2 Å². The molecule has 24 heavy (non-hydrogen) atoms. The fourth-order valence-corrected chi connectivity index (χ4v) is 1.69. The van der Waals surface area contributed by atoms with Gasteiger partial charge in [0, 0.05) is 11.1 Å². The number of rotatable bonds is 4. The van der Waals surface area contributed by atoms with Crippen LogP contribution in [0.25, 0.3) is 0 Å². The van der Waals surface area contributed by atoms with E-state index in [1.165, 1.54) is 6.92 Å². The second-order valence-corrected chi connectivity index (χ2v) is 6.16. The van der Waals surface area contributed by atoms with E-state index in [2.05, 4.69) is 11.8 Å². The van der Waals surface area contributed by atoms with Crippen molar-refractivity contribution in [2.24, 2.45) is 0 Å². The number of nitrogens with zero attached hydrogens (tertiary/aromatic N) is 1. The molecule has 0 fully saturated rings. The maximum Gasteiger partial charge on any atom is 0.411 e. The number of aldehydes is 1. The Morgan fingerprint density at radius 1 is 1.29 bits per heavy atom. The molecule has 0 aliphatic carbocycles. The van der Waals surface area contributed by atoms with Crippen molar-refractivity contribution < 1.29 is 24.2 Å². The molecule has 0 bridgehead atoms. The van der Waals surface area contributed by atoms with Crippen LogP contribution in [0.3, 0.4) is 0 Å². The molecule has 0 aliphatic rings. The van der Waals surface area contributed by atoms with E-state index in [-0.39, 0.29) is 6.54 Å². The number of carboxylic acid groups (broad SMARTS) is 1. The van der Waals surface area contributed by atoms with Gasteiger partial charge in [-0.3, -0.25) is 9.69 Å². The Morgan fingerprint density at radius 2 is 1.88 bits per heavy atom. The van der Waals surface area contributed by atoms with Gasteiger partial charge in [0.15, 0.2) is 0 Å². The van der Waals surface area contributed by atoms with Gasteiger partial charge in [0.1, 0.15) is 17.9 Å². The van der Waals surface area contributed by atoms with Crippen molar-refractivity contribution in [1.29, 1.82) is 0 Å². The van der Waals surface area contributed by atoms with Crippen LogP contribution in [0.2, 0.25) is 0 Å². The molecule has 0 radical (unpaired) electrons. The Kier molecular flexibility index (Phi) is 6.54. The molecule has 0 unspecified atom stereocenters. The Balaban J connectivity index is 2.89. The minimum atomic E-state index is -1.14. The van der Waals surface area contributed by atoms with Crippen LogP contribution in [0, 0.1) is 11.8 Å². The summed E-state index contributed by atoms with van der Waals surface area (Å²) in [6.45, 7) is 6.42. The standard InChI is InChI=1S/C18H21NO5/c1-13(16(21)22)19(17(23)24-18(2,3)4)11-5-6-14-7-9-15(12-20)10-8-14/h7-10,12-13H,11H2,1-4H3,(H,21,22)/t13-/m0/s1. The molecule has 0 heterocycles. The molecule has 1 aromatic carbocycles. The predicted molar refractivity (Wildman–Crippen MR) is 88.7 cm³/mol. The first-order valence-corrected chi connectivity index (χ1v) is 7.40. The summed E-state index contributed by atoms with van der Waals surface area (Å²) in [5, 5.41) is 9.14. The number of benzene rings is 1. The van der Waals surface area contributed by atoms with Crippen LogP contribution in [-0.2, 0) is 9.53 Å². The lowest BCUT2D eigenvalue weighted by Crippen LogP contribution is -2.45. The lowest BCUT2D eigenvalue weighted by atomic mass is 10.1. The molecule has 1 atom stereocenters. The van der Waals surface area contributed by atoms with Crippen molar-refractivity contribution in [3.8, 4) is 11.8 Å². The maximum absolute atomic E-state index is 12.2. The minimum absolute atomic E-state index is 0.0855. The predicted octanol–water partition coefficient (Wildman–Crippen LogP) is 2.56. The normalized spacial score (nSPS) is 11.7. The molecule has 128 valence electrons. The summed E-state index contributed by atoms with van der Waals surface area (Å²) < 4.78 is 5.22. The summed E-state index contributed by atoms with van der Waals surface area (Å²) in [5.41, 5.74) is 0.467. The summed E-state index contributed by atoms with van der Waals surface area (Å²) in [5.74, 6) is 4.45. The van der Waals surface area contributed by atoms with Gasteiger partial charge >= 0.3 is 12.1 Å². The lowest BCUT2D eigenvalue weighted by molar-refractivity contribution is -0.142. The third-order valence-corrected chi connectivity index (χ3v) is 2.98. The zero-order chi connectivity index (χ0) is 18.3. The van der Waals surface area contributed by atoms with Crippen molar-refractivity contribution in [1.82, 2.24) is 4.90 Å². The van der Waals surface area contributed by atoms with Gasteiger partial charge in [-0.05, 0) is 39.8 Å². The average Bonchev–Trinajstić information content (AvgIpc) is 2.49. The zero-order valence-corrected chi connectivity index (χ0v) is 14.2. The fourth-order valence-electron chi connectivity index (χ4n) is 1.69. The number of carbonyl (C=O) groups excluding carboxylic acids is 2. The summed E-state index contributed by atoms with van der Waals surface area (Å²) in [7, 11) is 0. The molecule has 0 saturated carbocycles. The first-order chi connectivity index (χ1) is 11.1. The highest BCUT2D eigenvalue weighted by molar-refractivity contribution is 5.80. The van der Waals surface area contributed by atoms with Crippen LogP contribution in [0.15, 0.2) is 24.3 Å². The first-order valence-electron chi connectivity index (χ1n) is 7.40. The van der Waals surface area contributed by atoms with Gasteiger partial charge in [-0.15, -0.1) is 0 Å². The van der Waals surface area contributed by atoms with Crippen molar-refractivity contribution >= 4 is 18.3 Å². The number of carbonyl (C=O) groups is 3. The van der Waals surface area contributed by atoms with E-state index in [1.807, 2.05) is 0 Å². The Labute approximate surface area is 141 Å². The second-order valence-electron chi connectivity index (χ2n) is 6.16. The SMILES string of the molecule is C[C@@H](C(=O)O)N(CC#Cc1ccc(C=O)cc1)C(=O)OC(C)(C)C. The number of amides is 1. The van der Waals surface area contributed by atoms with Gasteiger partial charge in [0.25, 0.3) is 0 Å². The van der Waals surface area contributed by atoms with Crippen LogP contribution in [0.4, 0.5) is 4.79 Å². The minimum Gasteiger partial charge on any atom is -0.480 e. The van der Waals surface area contributed by atoms with E-state index >= 15 is 0 Å². The molecule has 0 aromatic heterocycles. The van der Waals surface area contributed by atoms with E-state index in [9.17, 15) is 14.4 Å². The third-order valence-electron chi connectivity index (χ3n) is 2.98.